The quantitative estimate of drug-likeness (QED) is 0.664. The lowest BCUT2D eigenvalue weighted by molar-refractivity contribution is -0.0433. The van der Waals surface area contributed by atoms with Gasteiger partial charge in [-0.3, -0.25) is 9.78 Å². The summed E-state index contributed by atoms with van der Waals surface area (Å²) in [4.78, 5) is 22.0. The Bertz CT molecular complexity index is 1070. The summed E-state index contributed by atoms with van der Waals surface area (Å²) in [5.74, 6) is 0.103. The molecule has 2 aliphatic rings. The highest BCUT2D eigenvalue weighted by Crippen LogP contribution is 2.44. The highest BCUT2D eigenvalue weighted by atomic mass is 16.5. The number of piperidine rings is 1. The summed E-state index contributed by atoms with van der Waals surface area (Å²) in [7, 11) is 1.81. The van der Waals surface area contributed by atoms with Gasteiger partial charge in [0.05, 0.1) is 17.2 Å². The van der Waals surface area contributed by atoms with E-state index in [1.54, 1.807) is 13.3 Å². The van der Waals surface area contributed by atoms with Gasteiger partial charge >= 0.3 is 0 Å². The topological polar surface area (TPSA) is 45.7 Å². The molecule has 3 heterocycles. The first-order valence-electron chi connectivity index (χ1n) is 10.6. The van der Waals surface area contributed by atoms with Crippen LogP contribution in [-0.2, 0) is 4.74 Å². The van der Waals surface area contributed by atoms with Gasteiger partial charge in [0.2, 0.25) is 0 Å². The van der Waals surface area contributed by atoms with Gasteiger partial charge in [-0.25, -0.2) is 0 Å². The molecule has 2 fully saturated rings. The van der Waals surface area contributed by atoms with Crippen molar-refractivity contribution in [1.29, 1.82) is 0 Å². The third-order valence-corrected chi connectivity index (χ3v) is 6.88. The van der Waals surface area contributed by atoms with Crippen LogP contribution in [0.2, 0.25) is 0 Å². The maximum atomic E-state index is 13.2. The molecule has 5 rings (SSSR count). The monoisotopic (exact) mass is 401 g/mol. The van der Waals surface area contributed by atoms with Crippen molar-refractivity contribution >= 4 is 22.5 Å². The lowest BCUT2D eigenvalue weighted by Gasteiger charge is -2.61. The first-order chi connectivity index (χ1) is 14.6. The van der Waals surface area contributed by atoms with Gasteiger partial charge in [0.15, 0.2) is 0 Å². The Hall–Kier alpha value is -2.92. The van der Waals surface area contributed by atoms with E-state index in [0.717, 1.165) is 48.9 Å². The smallest absolute Gasteiger partial charge is 0.253 e. The maximum absolute atomic E-state index is 13.2. The second kappa shape index (κ2) is 7.40. The SMILES string of the molecule is COC1CN(c2ccc(C)cc2)C12CCN(C(=O)c1ccc3ncccc3c1)CC2. The Kier molecular flexibility index (Phi) is 4.70. The molecule has 2 aliphatic heterocycles. The number of hydrogen-bond donors (Lipinski definition) is 0. The summed E-state index contributed by atoms with van der Waals surface area (Å²) < 4.78 is 5.83. The van der Waals surface area contributed by atoms with E-state index in [4.69, 9.17) is 4.74 Å². The van der Waals surface area contributed by atoms with Crippen LogP contribution in [0, 0.1) is 6.92 Å². The first-order valence-corrected chi connectivity index (χ1v) is 10.6. The number of ether oxygens (including phenoxy) is 1. The van der Waals surface area contributed by atoms with Crippen molar-refractivity contribution in [2.75, 3.05) is 31.6 Å². The van der Waals surface area contributed by atoms with Crippen molar-refractivity contribution in [3.8, 4) is 0 Å². The Balaban J connectivity index is 1.33. The van der Waals surface area contributed by atoms with Crippen LogP contribution in [0.5, 0.6) is 0 Å². The standard InChI is InChI=1S/C25H27N3O2/c1-18-5-8-21(9-6-18)28-17-23(30-2)25(28)11-14-27(15-12-25)24(29)20-7-10-22-19(16-20)4-3-13-26-22/h3-10,13,16,23H,11-12,14-15,17H2,1-2H3. The fraction of sp³-hybridized carbons (Fsp3) is 0.360. The largest absolute Gasteiger partial charge is 0.377 e. The Morgan fingerprint density at radius 2 is 1.87 bits per heavy atom. The van der Waals surface area contributed by atoms with Gasteiger partial charge in [-0.15, -0.1) is 0 Å². The molecule has 0 aliphatic carbocycles. The van der Waals surface area contributed by atoms with Gasteiger partial charge < -0.3 is 14.5 Å². The molecule has 0 saturated carbocycles. The Morgan fingerprint density at radius 3 is 2.60 bits per heavy atom. The molecule has 1 aromatic heterocycles. The molecule has 3 aromatic rings. The second-order valence-corrected chi connectivity index (χ2v) is 8.48. The Labute approximate surface area is 177 Å². The van der Waals surface area contributed by atoms with E-state index in [1.165, 1.54) is 11.3 Å². The molecular formula is C25H27N3O2. The minimum absolute atomic E-state index is 0.0197. The number of amides is 1. The van der Waals surface area contributed by atoms with Crippen LogP contribution < -0.4 is 4.90 Å². The fourth-order valence-corrected chi connectivity index (χ4v) is 5.04. The molecule has 2 aromatic carbocycles. The summed E-state index contributed by atoms with van der Waals surface area (Å²) >= 11 is 0. The summed E-state index contributed by atoms with van der Waals surface area (Å²) in [5, 5.41) is 1.00. The lowest BCUT2D eigenvalue weighted by Crippen LogP contribution is -2.74. The average Bonchev–Trinajstić information content (AvgIpc) is 2.79. The van der Waals surface area contributed by atoms with E-state index < -0.39 is 0 Å². The molecule has 5 nitrogen and oxygen atoms in total. The number of anilines is 1. The van der Waals surface area contributed by atoms with Crippen molar-refractivity contribution in [1.82, 2.24) is 9.88 Å². The van der Waals surface area contributed by atoms with Gasteiger partial charge in [0.1, 0.15) is 0 Å². The predicted octanol–water partition coefficient (Wildman–Crippen LogP) is 4.05. The van der Waals surface area contributed by atoms with Gasteiger partial charge in [-0.2, -0.15) is 0 Å². The van der Waals surface area contributed by atoms with Crippen molar-refractivity contribution in [2.24, 2.45) is 0 Å². The number of fused-ring (bicyclic) bond motifs is 1. The number of nitrogens with zero attached hydrogens (tertiary/aromatic N) is 3. The van der Waals surface area contributed by atoms with E-state index in [9.17, 15) is 4.79 Å². The number of likely N-dealkylation sites (tertiary alicyclic amines) is 1. The minimum Gasteiger partial charge on any atom is -0.377 e. The third-order valence-electron chi connectivity index (χ3n) is 6.88. The van der Waals surface area contributed by atoms with Crippen molar-refractivity contribution in [2.45, 2.75) is 31.4 Å². The van der Waals surface area contributed by atoms with Gasteiger partial charge in [-0.05, 0) is 56.2 Å². The lowest BCUT2D eigenvalue weighted by atomic mass is 9.73. The van der Waals surface area contributed by atoms with Gasteiger partial charge in [0, 0.05) is 49.6 Å². The summed E-state index contributed by atoms with van der Waals surface area (Å²) in [5.41, 5.74) is 4.14. The number of aromatic nitrogens is 1. The van der Waals surface area contributed by atoms with E-state index in [0.29, 0.717) is 0 Å². The van der Waals surface area contributed by atoms with Crippen LogP contribution in [0.3, 0.4) is 0 Å². The number of hydrogen-bond acceptors (Lipinski definition) is 4. The van der Waals surface area contributed by atoms with Crippen LogP contribution in [0.4, 0.5) is 5.69 Å². The molecule has 154 valence electrons. The fourth-order valence-electron chi connectivity index (χ4n) is 5.04. The molecule has 2 saturated heterocycles. The summed E-state index contributed by atoms with van der Waals surface area (Å²) in [6.45, 7) is 4.50. The number of pyridine rings is 1. The van der Waals surface area contributed by atoms with Gasteiger partial charge in [-0.1, -0.05) is 23.8 Å². The average molecular weight is 402 g/mol. The third kappa shape index (κ3) is 3.05. The first kappa shape index (κ1) is 19.1. The zero-order valence-electron chi connectivity index (χ0n) is 17.5. The maximum Gasteiger partial charge on any atom is 0.253 e. The Morgan fingerprint density at radius 1 is 1.10 bits per heavy atom. The van der Waals surface area contributed by atoms with Gasteiger partial charge in [0.25, 0.3) is 5.91 Å². The molecule has 0 radical (unpaired) electrons. The van der Waals surface area contributed by atoms with E-state index in [2.05, 4.69) is 41.1 Å². The zero-order chi connectivity index (χ0) is 20.7. The van der Waals surface area contributed by atoms with Crippen LogP contribution in [0.1, 0.15) is 28.8 Å². The summed E-state index contributed by atoms with van der Waals surface area (Å²) in [6, 6.07) is 18.4. The van der Waals surface area contributed by atoms with Crippen molar-refractivity contribution in [3.05, 3.63) is 71.9 Å². The van der Waals surface area contributed by atoms with E-state index in [-0.39, 0.29) is 17.6 Å². The number of carbonyl (C=O) groups is 1. The number of benzene rings is 2. The predicted molar refractivity (Wildman–Crippen MR) is 119 cm³/mol. The molecule has 1 spiro atoms. The van der Waals surface area contributed by atoms with Crippen LogP contribution >= 0.6 is 0 Å². The minimum atomic E-state index is -0.0197. The van der Waals surface area contributed by atoms with Crippen LogP contribution in [0.15, 0.2) is 60.8 Å². The molecule has 1 atom stereocenters. The van der Waals surface area contributed by atoms with Crippen LogP contribution in [0.25, 0.3) is 10.9 Å². The van der Waals surface area contributed by atoms with E-state index >= 15 is 0 Å². The van der Waals surface area contributed by atoms with Crippen molar-refractivity contribution < 1.29 is 9.53 Å². The molecule has 0 N–H and O–H groups in total. The molecular weight excluding hydrogens is 374 g/mol. The highest BCUT2D eigenvalue weighted by molar-refractivity contribution is 5.98. The highest BCUT2D eigenvalue weighted by Gasteiger charge is 2.55. The van der Waals surface area contributed by atoms with Crippen molar-refractivity contribution in [3.63, 3.8) is 0 Å². The number of methoxy groups -OCH3 is 1. The van der Waals surface area contributed by atoms with Crippen LogP contribution in [-0.4, -0.2) is 54.2 Å². The zero-order valence-corrected chi connectivity index (χ0v) is 17.5. The molecule has 0 bridgehead atoms. The molecule has 30 heavy (non-hydrogen) atoms. The summed E-state index contributed by atoms with van der Waals surface area (Å²) in [6.07, 6.45) is 3.82. The normalized spacial score (nSPS) is 20.4. The molecule has 1 amide bonds. The molecule has 1 unspecified atom stereocenters. The number of carbonyl (C=O) groups excluding carboxylic acids is 1. The molecule has 5 heteroatoms. The number of rotatable bonds is 3. The van der Waals surface area contributed by atoms with E-state index in [1.807, 2.05) is 35.2 Å². The second-order valence-electron chi connectivity index (χ2n) is 8.48. The number of aryl methyl sites for hydroxylation is 1.